The van der Waals surface area contributed by atoms with Crippen LogP contribution < -0.4 is 10.2 Å². The predicted molar refractivity (Wildman–Crippen MR) is 77.2 cm³/mol. The number of carboxylic acid groups (broad SMARTS) is 1. The molecule has 1 amide bonds. The van der Waals surface area contributed by atoms with Gasteiger partial charge in [0, 0.05) is 11.8 Å². The number of hydrogen-bond acceptors (Lipinski definition) is 5. The molecule has 0 unspecified atom stereocenters. The van der Waals surface area contributed by atoms with E-state index in [0.29, 0.717) is 11.1 Å². The highest BCUT2D eigenvalue weighted by molar-refractivity contribution is 5.96. The molecule has 2 aromatic rings. The minimum Gasteiger partial charge on any atom is -0.480 e. The average Bonchev–Trinajstić information content (AvgIpc) is 2.53. The Bertz CT molecular complexity index is 736. The Morgan fingerprint density at radius 3 is 2.74 bits per heavy atom. The van der Waals surface area contributed by atoms with Crippen molar-refractivity contribution in [3.63, 3.8) is 0 Å². The van der Waals surface area contributed by atoms with Crippen LogP contribution in [0, 0.1) is 5.82 Å². The van der Waals surface area contributed by atoms with Crippen LogP contribution in [0.5, 0.6) is 5.75 Å². The first-order chi connectivity index (χ1) is 11.0. The Morgan fingerprint density at radius 1 is 1.30 bits per heavy atom. The van der Waals surface area contributed by atoms with Crippen LogP contribution in [0.4, 0.5) is 4.39 Å². The second kappa shape index (κ2) is 7.32. The number of carbonyl (C=O) groups excluding carboxylic acids is 1. The molecule has 7 nitrogen and oxygen atoms in total. The molecule has 0 saturated carbocycles. The van der Waals surface area contributed by atoms with Crippen molar-refractivity contribution in [2.24, 2.45) is 0 Å². The summed E-state index contributed by atoms with van der Waals surface area (Å²) in [4.78, 5) is 35.8. The molecule has 1 heterocycles. The van der Waals surface area contributed by atoms with E-state index in [2.05, 4.69) is 15.2 Å². The lowest BCUT2D eigenvalue weighted by atomic mass is 10.1. The van der Waals surface area contributed by atoms with Crippen molar-refractivity contribution < 1.29 is 28.9 Å². The first-order valence-electron chi connectivity index (χ1n) is 6.48. The Labute approximate surface area is 130 Å². The third-order valence-corrected chi connectivity index (χ3v) is 2.80. The summed E-state index contributed by atoms with van der Waals surface area (Å²) in [5.74, 6) is -2.36. The minimum atomic E-state index is -1.19. The third-order valence-electron chi connectivity index (χ3n) is 2.80. The van der Waals surface area contributed by atoms with E-state index >= 15 is 0 Å². The van der Waals surface area contributed by atoms with Gasteiger partial charge >= 0.3 is 5.97 Å². The third kappa shape index (κ3) is 4.24. The normalized spacial score (nSPS) is 10.2. The Balaban J connectivity index is 2.34. The summed E-state index contributed by atoms with van der Waals surface area (Å²) in [7, 11) is 1.24. The van der Waals surface area contributed by atoms with Crippen LogP contribution in [0.25, 0.3) is 11.1 Å². The average molecular weight is 320 g/mol. The highest BCUT2D eigenvalue weighted by Crippen LogP contribution is 2.26. The predicted octanol–water partition coefficient (Wildman–Crippen LogP) is 1.64. The largest absolute Gasteiger partial charge is 0.480 e. The number of rotatable bonds is 6. The number of halogens is 1. The summed E-state index contributed by atoms with van der Waals surface area (Å²) in [6, 6.07) is 7.26. The van der Waals surface area contributed by atoms with Crippen molar-refractivity contribution in [2.75, 3.05) is 13.7 Å². The van der Waals surface area contributed by atoms with E-state index in [4.69, 9.17) is 9.99 Å². The van der Waals surface area contributed by atoms with Crippen LogP contribution in [-0.2, 0) is 9.68 Å². The van der Waals surface area contributed by atoms with Gasteiger partial charge in [-0.15, -0.1) is 0 Å². The van der Waals surface area contributed by atoms with Gasteiger partial charge in [0.05, 0.1) is 7.11 Å². The van der Waals surface area contributed by atoms with E-state index in [1.165, 1.54) is 37.6 Å². The topological polar surface area (TPSA) is 97.8 Å². The molecule has 8 heteroatoms. The molecule has 23 heavy (non-hydrogen) atoms. The molecule has 2 rings (SSSR count). The molecule has 0 bridgehead atoms. The standard InChI is InChI=1S/C15H13FN2O5/c1-22-23-12-6-10(9-3-2-4-11(16)5-9)7-17-14(12)15(21)18-8-13(19)20/h2-7H,8H2,1H3,(H,18,21)(H,19,20). The Kier molecular flexibility index (Phi) is 5.21. The van der Waals surface area contributed by atoms with E-state index in [1.807, 2.05) is 0 Å². The molecule has 0 aliphatic carbocycles. The summed E-state index contributed by atoms with van der Waals surface area (Å²) in [6.45, 7) is -0.557. The molecule has 0 spiro atoms. The van der Waals surface area contributed by atoms with E-state index in [1.54, 1.807) is 6.07 Å². The molecule has 0 fully saturated rings. The number of nitrogens with one attached hydrogen (secondary N) is 1. The van der Waals surface area contributed by atoms with Gasteiger partial charge < -0.3 is 15.3 Å². The maximum atomic E-state index is 13.3. The molecule has 0 saturated heterocycles. The molecular weight excluding hydrogens is 307 g/mol. The SMILES string of the molecule is COOc1cc(-c2cccc(F)c2)cnc1C(=O)NCC(=O)O. The van der Waals surface area contributed by atoms with Crippen molar-refractivity contribution in [3.05, 3.63) is 48.0 Å². The molecule has 0 radical (unpaired) electrons. The van der Waals surface area contributed by atoms with E-state index in [9.17, 15) is 14.0 Å². The summed E-state index contributed by atoms with van der Waals surface area (Å²) < 4.78 is 13.3. The summed E-state index contributed by atoms with van der Waals surface area (Å²) in [6.07, 6.45) is 1.35. The van der Waals surface area contributed by atoms with E-state index in [-0.39, 0.29) is 11.4 Å². The lowest BCUT2D eigenvalue weighted by Crippen LogP contribution is -2.30. The lowest BCUT2D eigenvalue weighted by Gasteiger charge is -2.10. The number of hydrogen-bond donors (Lipinski definition) is 2. The van der Waals surface area contributed by atoms with Crippen LogP contribution in [0.3, 0.4) is 0 Å². The number of aliphatic carboxylic acids is 1. The van der Waals surface area contributed by atoms with Gasteiger partial charge in [-0.3, -0.25) is 9.59 Å². The van der Waals surface area contributed by atoms with Crippen LogP contribution >= 0.6 is 0 Å². The number of amides is 1. The minimum absolute atomic E-state index is 0.0165. The van der Waals surface area contributed by atoms with Gasteiger partial charge in [0.25, 0.3) is 5.91 Å². The second-order valence-corrected chi connectivity index (χ2v) is 4.41. The van der Waals surface area contributed by atoms with E-state index in [0.717, 1.165) is 0 Å². The van der Waals surface area contributed by atoms with Crippen molar-refractivity contribution in [3.8, 4) is 16.9 Å². The van der Waals surface area contributed by atoms with Crippen molar-refractivity contribution in [1.82, 2.24) is 10.3 Å². The van der Waals surface area contributed by atoms with Crippen molar-refractivity contribution in [1.29, 1.82) is 0 Å². The monoisotopic (exact) mass is 320 g/mol. The molecule has 1 aromatic heterocycles. The number of benzene rings is 1. The maximum Gasteiger partial charge on any atom is 0.322 e. The Morgan fingerprint density at radius 2 is 2.09 bits per heavy atom. The van der Waals surface area contributed by atoms with Gasteiger partial charge in [0.2, 0.25) is 0 Å². The second-order valence-electron chi connectivity index (χ2n) is 4.41. The Hall–Kier alpha value is -3.00. The number of nitrogens with zero attached hydrogens (tertiary/aromatic N) is 1. The first-order valence-corrected chi connectivity index (χ1v) is 6.48. The molecule has 120 valence electrons. The van der Waals surface area contributed by atoms with Crippen molar-refractivity contribution >= 4 is 11.9 Å². The van der Waals surface area contributed by atoms with Crippen LogP contribution in [0.15, 0.2) is 36.5 Å². The lowest BCUT2D eigenvalue weighted by molar-refractivity contribution is -0.178. The smallest absolute Gasteiger partial charge is 0.322 e. The number of aromatic nitrogens is 1. The highest BCUT2D eigenvalue weighted by Gasteiger charge is 2.17. The molecule has 0 atom stereocenters. The molecule has 2 N–H and O–H groups in total. The number of carboxylic acids is 1. The zero-order valence-corrected chi connectivity index (χ0v) is 12.1. The fourth-order valence-corrected chi connectivity index (χ4v) is 1.83. The summed E-state index contributed by atoms with van der Waals surface area (Å²) in [5, 5.41) is 10.7. The number of pyridine rings is 1. The van der Waals surface area contributed by atoms with Crippen molar-refractivity contribution in [2.45, 2.75) is 0 Å². The molecular formula is C15H13FN2O5. The highest BCUT2D eigenvalue weighted by atomic mass is 19.1. The quantitative estimate of drug-likeness (QED) is 0.620. The maximum absolute atomic E-state index is 13.3. The fourth-order valence-electron chi connectivity index (χ4n) is 1.83. The molecule has 1 aromatic carbocycles. The van der Waals surface area contributed by atoms with Gasteiger partial charge in [-0.05, 0) is 23.8 Å². The van der Waals surface area contributed by atoms with Gasteiger partial charge in [0.1, 0.15) is 12.4 Å². The molecule has 0 aliphatic heterocycles. The zero-order valence-electron chi connectivity index (χ0n) is 12.1. The summed E-state index contributed by atoms with van der Waals surface area (Å²) in [5.41, 5.74) is 0.899. The fraction of sp³-hybridized carbons (Fsp3) is 0.133. The van der Waals surface area contributed by atoms with Gasteiger partial charge in [0.15, 0.2) is 11.4 Å². The molecule has 0 aliphatic rings. The van der Waals surface area contributed by atoms with Crippen LogP contribution in [-0.4, -0.2) is 35.6 Å². The van der Waals surface area contributed by atoms with Crippen LogP contribution in [0.1, 0.15) is 10.5 Å². The van der Waals surface area contributed by atoms with E-state index < -0.39 is 24.2 Å². The van der Waals surface area contributed by atoms with Gasteiger partial charge in [-0.25, -0.2) is 9.37 Å². The first kappa shape index (κ1) is 16.4. The van der Waals surface area contributed by atoms with Gasteiger partial charge in [-0.1, -0.05) is 12.1 Å². The zero-order chi connectivity index (χ0) is 16.8. The number of carbonyl (C=O) groups is 2. The van der Waals surface area contributed by atoms with Crippen LogP contribution in [0.2, 0.25) is 0 Å². The van der Waals surface area contributed by atoms with Gasteiger partial charge in [-0.2, -0.15) is 4.89 Å². The summed E-state index contributed by atoms with van der Waals surface area (Å²) >= 11 is 0.